The van der Waals surface area contributed by atoms with Crippen LogP contribution in [-0.4, -0.2) is 33.2 Å². The van der Waals surface area contributed by atoms with E-state index in [1.165, 1.54) is 24.3 Å². The second kappa shape index (κ2) is 11.7. The van der Waals surface area contributed by atoms with Crippen molar-refractivity contribution in [2.24, 2.45) is 5.10 Å². The van der Waals surface area contributed by atoms with E-state index in [0.717, 1.165) is 13.4 Å². The van der Waals surface area contributed by atoms with Crippen molar-refractivity contribution in [3.8, 4) is 5.75 Å². The summed E-state index contributed by atoms with van der Waals surface area (Å²) in [4.78, 5) is 12.8. The molecule has 0 saturated heterocycles. The maximum atomic E-state index is 13.4. The molecule has 3 aromatic carbocycles. The van der Waals surface area contributed by atoms with Crippen molar-refractivity contribution in [3.63, 3.8) is 0 Å². The van der Waals surface area contributed by atoms with Gasteiger partial charge in [0.05, 0.1) is 22.9 Å². The molecule has 3 rings (SSSR count). The van der Waals surface area contributed by atoms with Gasteiger partial charge in [0.2, 0.25) is 0 Å². The largest absolute Gasteiger partial charge is 0.494 e. The van der Waals surface area contributed by atoms with Gasteiger partial charge in [-0.1, -0.05) is 23.7 Å². The summed E-state index contributed by atoms with van der Waals surface area (Å²) in [6.45, 7) is 3.63. The van der Waals surface area contributed by atoms with Gasteiger partial charge in [0.25, 0.3) is 15.9 Å². The molecule has 1 N–H and O–H groups in total. The minimum absolute atomic E-state index is 0.0113. The van der Waals surface area contributed by atoms with E-state index in [0.29, 0.717) is 28.8 Å². The quantitative estimate of drug-likeness (QED) is 0.208. The number of sulfonamides is 1. The first kappa shape index (κ1) is 26.0. The van der Waals surface area contributed by atoms with Gasteiger partial charge in [0, 0.05) is 8.59 Å². The first-order chi connectivity index (χ1) is 16.2. The average Bonchev–Trinajstić information content (AvgIpc) is 2.82. The lowest BCUT2D eigenvalue weighted by Gasteiger charge is -2.24. The molecule has 0 heterocycles. The predicted molar refractivity (Wildman–Crippen MR) is 143 cm³/mol. The highest BCUT2D eigenvalue weighted by molar-refractivity contribution is 14.1. The van der Waals surface area contributed by atoms with E-state index in [9.17, 15) is 13.2 Å². The van der Waals surface area contributed by atoms with Gasteiger partial charge in [-0.15, -0.1) is 0 Å². The summed E-state index contributed by atoms with van der Waals surface area (Å²) in [5.41, 5.74) is 4.21. The van der Waals surface area contributed by atoms with E-state index in [1.807, 2.05) is 31.2 Å². The predicted octanol–water partition coefficient (Wildman–Crippen LogP) is 5.08. The minimum Gasteiger partial charge on any atom is -0.494 e. The Bertz CT molecular complexity index is 1260. The third-order valence-corrected chi connectivity index (χ3v) is 7.49. The molecule has 34 heavy (non-hydrogen) atoms. The number of nitrogens with zero attached hydrogens (tertiary/aromatic N) is 2. The van der Waals surface area contributed by atoms with Gasteiger partial charge in [0.15, 0.2) is 0 Å². The van der Waals surface area contributed by atoms with Gasteiger partial charge in [-0.05, 0) is 103 Å². The third-order valence-electron chi connectivity index (χ3n) is 4.73. The zero-order valence-corrected chi connectivity index (χ0v) is 22.3. The standard InChI is InChI=1S/C24H23ClIN3O4S/c1-3-33-22-12-10-21(11-13-22)29(34(31,32)23-14-6-19(25)7-15-23)16-24(30)28-27-17(2)18-4-8-20(26)9-5-18/h4-15H,3,16H2,1-2H3,(H,28,30)/b27-17-. The monoisotopic (exact) mass is 611 g/mol. The second-order valence-corrected chi connectivity index (χ2v) is 10.7. The Morgan fingerprint density at radius 2 is 1.65 bits per heavy atom. The van der Waals surface area contributed by atoms with Crippen LogP contribution in [0.1, 0.15) is 19.4 Å². The number of hydrogen-bond donors (Lipinski definition) is 1. The highest BCUT2D eigenvalue weighted by atomic mass is 127. The summed E-state index contributed by atoms with van der Waals surface area (Å²) in [5.74, 6) is 0.00794. The van der Waals surface area contributed by atoms with Crippen LogP contribution in [0.4, 0.5) is 5.69 Å². The average molecular weight is 612 g/mol. The zero-order chi connectivity index (χ0) is 24.7. The van der Waals surface area contributed by atoms with Crippen molar-refractivity contribution >= 4 is 61.5 Å². The molecule has 0 spiro atoms. The Labute approximate surface area is 218 Å². The van der Waals surface area contributed by atoms with E-state index in [2.05, 4.69) is 33.1 Å². The Balaban J connectivity index is 1.87. The Kier molecular flexibility index (Phi) is 8.92. The van der Waals surface area contributed by atoms with Crippen molar-refractivity contribution in [3.05, 3.63) is 87.0 Å². The second-order valence-electron chi connectivity index (χ2n) is 7.13. The van der Waals surface area contributed by atoms with Crippen LogP contribution in [0.15, 0.2) is 82.8 Å². The number of halogens is 2. The van der Waals surface area contributed by atoms with Crippen LogP contribution in [0.25, 0.3) is 0 Å². The number of nitrogens with one attached hydrogen (secondary N) is 1. The van der Waals surface area contributed by atoms with Crippen molar-refractivity contribution in [2.75, 3.05) is 17.5 Å². The summed E-state index contributed by atoms with van der Waals surface area (Å²) < 4.78 is 34.4. The highest BCUT2D eigenvalue weighted by Gasteiger charge is 2.27. The van der Waals surface area contributed by atoms with Gasteiger partial charge >= 0.3 is 0 Å². The highest BCUT2D eigenvalue weighted by Crippen LogP contribution is 2.26. The maximum absolute atomic E-state index is 13.4. The number of hydrogen-bond acceptors (Lipinski definition) is 5. The van der Waals surface area contributed by atoms with E-state index in [1.54, 1.807) is 31.2 Å². The first-order valence-electron chi connectivity index (χ1n) is 10.3. The van der Waals surface area contributed by atoms with Crippen LogP contribution >= 0.6 is 34.2 Å². The molecule has 0 fully saturated rings. The van der Waals surface area contributed by atoms with Crippen LogP contribution in [0.5, 0.6) is 5.75 Å². The lowest BCUT2D eigenvalue weighted by Crippen LogP contribution is -2.39. The van der Waals surface area contributed by atoms with Crippen LogP contribution in [0, 0.1) is 3.57 Å². The fraction of sp³-hybridized carbons (Fsp3) is 0.167. The number of carbonyl (C=O) groups is 1. The molecule has 178 valence electrons. The number of ether oxygens (including phenoxy) is 1. The maximum Gasteiger partial charge on any atom is 0.264 e. The molecule has 0 saturated carbocycles. The van der Waals surface area contributed by atoms with Gasteiger partial charge in [0.1, 0.15) is 12.3 Å². The van der Waals surface area contributed by atoms with Crippen LogP contribution in [0.3, 0.4) is 0 Å². The number of rotatable bonds is 9. The SMILES string of the molecule is CCOc1ccc(N(CC(=O)N/N=C(/C)c2ccc(I)cc2)S(=O)(=O)c2ccc(Cl)cc2)cc1. The van der Waals surface area contributed by atoms with E-state index >= 15 is 0 Å². The number of hydrazone groups is 1. The molecular formula is C24H23ClIN3O4S. The van der Waals surface area contributed by atoms with Gasteiger partial charge in [-0.2, -0.15) is 5.10 Å². The molecule has 7 nitrogen and oxygen atoms in total. The van der Waals surface area contributed by atoms with E-state index in [-0.39, 0.29) is 4.90 Å². The molecule has 0 aliphatic carbocycles. The summed E-state index contributed by atoms with van der Waals surface area (Å²) in [5, 5.41) is 4.54. The number of amides is 1. The number of anilines is 1. The molecule has 10 heteroatoms. The normalized spacial score (nSPS) is 11.7. The van der Waals surface area contributed by atoms with Gasteiger partial charge in [-0.25, -0.2) is 13.8 Å². The molecule has 1 amide bonds. The lowest BCUT2D eigenvalue weighted by atomic mass is 10.1. The summed E-state index contributed by atoms with van der Waals surface area (Å²) in [6, 6.07) is 19.9. The fourth-order valence-electron chi connectivity index (χ4n) is 2.99. The molecule has 0 aliphatic heterocycles. The minimum atomic E-state index is -4.06. The topological polar surface area (TPSA) is 88.1 Å². The van der Waals surface area contributed by atoms with Crippen molar-refractivity contribution in [2.45, 2.75) is 18.7 Å². The van der Waals surface area contributed by atoms with E-state index in [4.69, 9.17) is 16.3 Å². The number of benzene rings is 3. The summed E-state index contributed by atoms with van der Waals surface area (Å²) in [7, 11) is -4.06. The Morgan fingerprint density at radius 3 is 2.24 bits per heavy atom. The molecule has 0 unspecified atom stereocenters. The first-order valence-corrected chi connectivity index (χ1v) is 13.2. The van der Waals surface area contributed by atoms with Gasteiger partial charge in [-0.3, -0.25) is 9.10 Å². The molecule has 0 radical (unpaired) electrons. The molecule has 0 bridgehead atoms. The molecule has 0 atom stereocenters. The van der Waals surface area contributed by atoms with Crippen LogP contribution < -0.4 is 14.5 Å². The van der Waals surface area contributed by atoms with Crippen molar-refractivity contribution in [1.82, 2.24) is 5.43 Å². The van der Waals surface area contributed by atoms with E-state index < -0.39 is 22.5 Å². The molecular weight excluding hydrogens is 589 g/mol. The summed E-state index contributed by atoms with van der Waals surface area (Å²) >= 11 is 8.12. The Morgan fingerprint density at radius 1 is 1.03 bits per heavy atom. The van der Waals surface area contributed by atoms with Crippen molar-refractivity contribution in [1.29, 1.82) is 0 Å². The van der Waals surface area contributed by atoms with Crippen LogP contribution in [0.2, 0.25) is 5.02 Å². The van der Waals surface area contributed by atoms with Crippen molar-refractivity contribution < 1.29 is 17.9 Å². The lowest BCUT2D eigenvalue weighted by molar-refractivity contribution is -0.119. The number of carbonyl (C=O) groups excluding carboxylic acids is 1. The Hall–Kier alpha value is -2.63. The molecule has 0 aromatic heterocycles. The van der Waals surface area contributed by atoms with Gasteiger partial charge < -0.3 is 4.74 Å². The molecule has 0 aliphatic rings. The fourth-order valence-corrected chi connectivity index (χ4v) is 4.90. The van der Waals surface area contributed by atoms with Crippen LogP contribution in [-0.2, 0) is 14.8 Å². The summed E-state index contributed by atoms with van der Waals surface area (Å²) in [6.07, 6.45) is 0. The third kappa shape index (κ3) is 6.71. The zero-order valence-electron chi connectivity index (χ0n) is 18.5. The molecule has 3 aromatic rings. The smallest absolute Gasteiger partial charge is 0.264 e.